The number of aromatic nitrogens is 2. The predicted octanol–water partition coefficient (Wildman–Crippen LogP) is 0.784. The van der Waals surface area contributed by atoms with Gasteiger partial charge in [-0.2, -0.15) is 5.10 Å². The van der Waals surface area contributed by atoms with Gasteiger partial charge < -0.3 is 9.84 Å². The molecule has 0 radical (unpaired) electrons. The first-order valence-corrected chi connectivity index (χ1v) is 8.18. The normalized spacial score (nSPS) is 13.0. The van der Waals surface area contributed by atoms with Crippen LogP contribution in [0, 0.1) is 0 Å². The minimum absolute atomic E-state index is 0.00181. The van der Waals surface area contributed by atoms with Crippen molar-refractivity contribution < 1.29 is 23.1 Å². The average Bonchev–Trinajstić information content (AvgIpc) is 2.92. The van der Waals surface area contributed by atoms with Crippen molar-refractivity contribution in [3.8, 4) is 0 Å². The molecule has 0 bridgehead atoms. The van der Waals surface area contributed by atoms with E-state index in [0.717, 1.165) is 16.3 Å². The second-order valence-electron chi connectivity index (χ2n) is 4.78. The Kier molecular flexibility index (Phi) is 5.14. The van der Waals surface area contributed by atoms with Gasteiger partial charge in [-0.05, 0) is 5.56 Å². The minimum Gasteiger partial charge on any atom is -0.477 e. The maximum Gasteiger partial charge on any atom is 0.354 e. The molecule has 0 saturated carbocycles. The molecule has 1 atom stereocenters. The molecule has 0 aliphatic heterocycles. The maximum atomic E-state index is 12.2. The molecule has 1 unspecified atom stereocenters. The molecule has 124 valence electrons. The molecule has 2 rings (SSSR count). The van der Waals surface area contributed by atoms with Crippen LogP contribution in [0.3, 0.4) is 0 Å². The molecule has 9 heteroatoms. The number of carbonyl (C=O) groups is 1. The Morgan fingerprint density at radius 3 is 2.57 bits per heavy atom. The van der Waals surface area contributed by atoms with Gasteiger partial charge in [0.25, 0.3) is 10.0 Å². The lowest BCUT2D eigenvalue weighted by Gasteiger charge is -2.16. The van der Waals surface area contributed by atoms with Crippen LogP contribution >= 0.6 is 0 Å². The van der Waals surface area contributed by atoms with E-state index >= 15 is 0 Å². The molecule has 0 aliphatic rings. The Hall–Kier alpha value is -2.23. The molecule has 0 fully saturated rings. The fraction of sp³-hybridized carbons (Fsp3) is 0.286. The van der Waals surface area contributed by atoms with Crippen LogP contribution in [-0.2, 0) is 21.8 Å². The first kappa shape index (κ1) is 17.1. The Morgan fingerprint density at radius 1 is 1.39 bits per heavy atom. The van der Waals surface area contributed by atoms with Crippen molar-refractivity contribution in [1.82, 2.24) is 14.5 Å². The number of carboxylic acid groups (broad SMARTS) is 1. The number of rotatable bonds is 7. The van der Waals surface area contributed by atoms with E-state index < -0.39 is 22.1 Å². The smallest absolute Gasteiger partial charge is 0.354 e. The van der Waals surface area contributed by atoms with E-state index in [-0.39, 0.29) is 17.3 Å². The van der Waals surface area contributed by atoms with Crippen LogP contribution in [0.1, 0.15) is 22.2 Å². The highest BCUT2D eigenvalue weighted by atomic mass is 32.2. The summed E-state index contributed by atoms with van der Waals surface area (Å²) in [6.07, 6.45) is -0.464. The van der Waals surface area contributed by atoms with Crippen LogP contribution < -0.4 is 4.72 Å². The Labute approximate surface area is 133 Å². The third-order valence-corrected chi connectivity index (χ3v) is 4.56. The van der Waals surface area contributed by atoms with Gasteiger partial charge in [-0.1, -0.05) is 30.3 Å². The fourth-order valence-electron chi connectivity index (χ4n) is 2.04. The molecule has 0 aliphatic carbocycles. The fourth-order valence-corrected chi connectivity index (χ4v) is 3.05. The lowest BCUT2D eigenvalue weighted by atomic mass is 10.1. The average molecular weight is 339 g/mol. The molecule has 1 aromatic carbocycles. The van der Waals surface area contributed by atoms with Crippen molar-refractivity contribution >= 4 is 16.0 Å². The molecule has 2 aromatic rings. The standard InChI is InChI=1S/C14H17N3O5S/c1-17-11(14(18)19)8-13(16-17)23(20,21)15-9-12(22-2)10-6-4-3-5-7-10/h3-8,12,15H,9H2,1-2H3,(H,18,19). The number of hydrogen-bond acceptors (Lipinski definition) is 5. The van der Waals surface area contributed by atoms with Crippen LogP contribution in [0.4, 0.5) is 0 Å². The zero-order valence-electron chi connectivity index (χ0n) is 12.6. The van der Waals surface area contributed by atoms with Crippen molar-refractivity contribution in [3.63, 3.8) is 0 Å². The van der Waals surface area contributed by atoms with Gasteiger partial charge in [0.15, 0.2) is 5.03 Å². The topological polar surface area (TPSA) is 111 Å². The van der Waals surface area contributed by atoms with Gasteiger partial charge in [0.1, 0.15) is 5.69 Å². The molecular weight excluding hydrogens is 322 g/mol. The van der Waals surface area contributed by atoms with Gasteiger partial charge in [0, 0.05) is 26.8 Å². The van der Waals surface area contributed by atoms with Crippen LogP contribution in [0.5, 0.6) is 0 Å². The molecule has 8 nitrogen and oxygen atoms in total. The number of nitrogens with one attached hydrogen (secondary N) is 1. The third-order valence-electron chi connectivity index (χ3n) is 3.27. The summed E-state index contributed by atoms with van der Waals surface area (Å²) in [6, 6.07) is 10.2. The van der Waals surface area contributed by atoms with E-state index in [0.29, 0.717) is 0 Å². The van der Waals surface area contributed by atoms with Gasteiger partial charge >= 0.3 is 5.97 Å². The van der Waals surface area contributed by atoms with Crippen LogP contribution in [0.2, 0.25) is 0 Å². The number of benzene rings is 1. The highest BCUT2D eigenvalue weighted by Gasteiger charge is 2.23. The number of methoxy groups -OCH3 is 1. The second kappa shape index (κ2) is 6.90. The summed E-state index contributed by atoms with van der Waals surface area (Å²) in [5.41, 5.74) is 0.613. The summed E-state index contributed by atoms with van der Waals surface area (Å²) < 4.78 is 33.1. The van der Waals surface area contributed by atoms with E-state index in [1.807, 2.05) is 30.3 Å². The Morgan fingerprint density at radius 2 is 2.04 bits per heavy atom. The third kappa shape index (κ3) is 3.95. The van der Waals surface area contributed by atoms with Crippen molar-refractivity contribution in [2.45, 2.75) is 11.1 Å². The maximum absolute atomic E-state index is 12.2. The van der Waals surface area contributed by atoms with Crippen molar-refractivity contribution in [1.29, 1.82) is 0 Å². The van der Waals surface area contributed by atoms with Gasteiger partial charge in [0.05, 0.1) is 6.10 Å². The van der Waals surface area contributed by atoms with E-state index in [4.69, 9.17) is 9.84 Å². The monoisotopic (exact) mass is 339 g/mol. The molecule has 0 spiro atoms. The number of aromatic carboxylic acids is 1. The van der Waals surface area contributed by atoms with E-state index in [1.165, 1.54) is 14.2 Å². The zero-order valence-corrected chi connectivity index (χ0v) is 13.4. The summed E-state index contributed by atoms with van der Waals surface area (Å²) in [6.45, 7) is 0.00181. The molecular formula is C14H17N3O5S. The van der Waals surface area contributed by atoms with E-state index in [1.54, 1.807) is 0 Å². The zero-order chi connectivity index (χ0) is 17.0. The van der Waals surface area contributed by atoms with Gasteiger partial charge in [-0.3, -0.25) is 4.68 Å². The van der Waals surface area contributed by atoms with E-state index in [2.05, 4.69) is 9.82 Å². The summed E-state index contributed by atoms with van der Waals surface area (Å²) in [7, 11) is -1.09. The minimum atomic E-state index is -3.93. The Bertz CT molecular complexity index is 786. The molecule has 0 saturated heterocycles. The van der Waals surface area contributed by atoms with Gasteiger partial charge in [0.2, 0.25) is 0 Å². The molecule has 2 N–H and O–H groups in total. The van der Waals surface area contributed by atoms with Crippen LogP contribution in [0.15, 0.2) is 41.4 Å². The summed E-state index contributed by atoms with van der Waals surface area (Å²) >= 11 is 0. The lowest BCUT2D eigenvalue weighted by Crippen LogP contribution is -2.29. The summed E-state index contributed by atoms with van der Waals surface area (Å²) in [5, 5.41) is 12.3. The number of ether oxygens (including phenoxy) is 1. The summed E-state index contributed by atoms with van der Waals surface area (Å²) in [5.74, 6) is -1.25. The van der Waals surface area contributed by atoms with Crippen LogP contribution in [-0.4, -0.2) is 42.9 Å². The van der Waals surface area contributed by atoms with Gasteiger partial charge in [-0.25, -0.2) is 17.9 Å². The molecule has 1 heterocycles. The molecule has 1 aromatic heterocycles. The number of hydrogen-bond donors (Lipinski definition) is 2. The SMILES string of the molecule is COC(CNS(=O)(=O)c1cc(C(=O)O)n(C)n1)c1ccccc1. The highest BCUT2D eigenvalue weighted by Crippen LogP contribution is 2.16. The van der Waals surface area contributed by atoms with Crippen LogP contribution in [0.25, 0.3) is 0 Å². The molecule has 23 heavy (non-hydrogen) atoms. The Balaban J connectivity index is 2.15. The highest BCUT2D eigenvalue weighted by molar-refractivity contribution is 7.89. The number of sulfonamides is 1. The first-order valence-electron chi connectivity index (χ1n) is 6.70. The first-order chi connectivity index (χ1) is 10.8. The van der Waals surface area contributed by atoms with Gasteiger partial charge in [-0.15, -0.1) is 0 Å². The lowest BCUT2D eigenvalue weighted by molar-refractivity contribution is 0.0685. The van der Waals surface area contributed by atoms with E-state index in [9.17, 15) is 13.2 Å². The predicted molar refractivity (Wildman–Crippen MR) is 81.5 cm³/mol. The van der Waals surface area contributed by atoms with Crippen molar-refractivity contribution in [3.05, 3.63) is 47.7 Å². The number of carboxylic acids is 1. The quantitative estimate of drug-likeness (QED) is 0.771. The summed E-state index contributed by atoms with van der Waals surface area (Å²) in [4.78, 5) is 11.0. The molecule has 0 amide bonds. The van der Waals surface area contributed by atoms with Crippen molar-refractivity contribution in [2.24, 2.45) is 7.05 Å². The largest absolute Gasteiger partial charge is 0.477 e. The van der Waals surface area contributed by atoms with Crippen molar-refractivity contribution in [2.75, 3.05) is 13.7 Å². The number of aryl methyl sites for hydroxylation is 1. The second-order valence-corrected chi connectivity index (χ2v) is 6.50. The number of nitrogens with zero attached hydrogens (tertiary/aromatic N) is 2.